The minimum absolute atomic E-state index is 0.237. The summed E-state index contributed by atoms with van der Waals surface area (Å²) >= 11 is 0. The highest BCUT2D eigenvalue weighted by Crippen LogP contribution is 2.40. The van der Waals surface area contributed by atoms with Crippen molar-refractivity contribution in [3.63, 3.8) is 0 Å². The molecule has 3 aromatic heterocycles. The summed E-state index contributed by atoms with van der Waals surface area (Å²) in [6, 6.07) is 3.79. The number of carboxylic acid groups (broad SMARTS) is 1. The standard InChI is InChI=1S/C17H18N6O.C2HF3O2/c18-7-3-14(17(24)5-1-2-6-17)23-10-12(9-22-23)15-13-4-8-19-16(13)21-11-20-15;3-2(4,5)1(6)7/h4,8-11,14,24H,1-3,5-6H2,(H,19,20,21);(H,6,7). The average molecular weight is 436 g/mol. The first-order valence-electron chi connectivity index (χ1n) is 9.38. The van der Waals surface area contributed by atoms with E-state index in [9.17, 15) is 23.5 Å². The number of fused-ring (bicyclic) bond motifs is 1. The Balaban J connectivity index is 0.000000339. The predicted molar refractivity (Wildman–Crippen MR) is 101 cm³/mol. The van der Waals surface area contributed by atoms with Crippen molar-refractivity contribution in [2.24, 2.45) is 0 Å². The highest BCUT2D eigenvalue weighted by atomic mass is 19.4. The third kappa shape index (κ3) is 4.83. The maximum Gasteiger partial charge on any atom is 0.490 e. The Morgan fingerprint density at radius 1 is 1.35 bits per heavy atom. The Bertz CT molecular complexity index is 1100. The summed E-state index contributed by atoms with van der Waals surface area (Å²) in [6.07, 6.45) is 5.50. The molecule has 3 heterocycles. The second-order valence-corrected chi connectivity index (χ2v) is 7.16. The maximum atomic E-state index is 10.9. The third-order valence-electron chi connectivity index (χ3n) is 5.17. The van der Waals surface area contributed by atoms with Gasteiger partial charge in [0, 0.05) is 23.3 Å². The predicted octanol–water partition coefficient (Wildman–Crippen LogP) is 3.21. The minimum Gasteiger partial charge on any atom is -0.475 e. The molecule has 31 heavy (non-hydrogen) atoms. The Labute approximate surface area is 174 Å². The number of aromatic amines is 1. The fraction of sp³-hybridized carbons (Fsp3) is 0.421. The van der Waals surface area contributed by atoms with Crippen LogP contribution in [0.5, 0.6) is 0 Å². The Hall–Kier alpha value is -3.46. The molecule has 3 N–H and O–H groups in total. The Morgan fingerprint density at radius 2 is 2.03 bits per heavy atom. The average Bonchev–Trinajstić information content (AvgIpc) is 3.46. The van der Waals surface area contributed by atoms with Crippen molar-refractivity contribution in [2.45, 2.75) is 49.9 Å². The molecule has 0 spiro atoms. The van der Waals surface area contributed by atoms with Gasteiger partial charge in [-0.05, 0) is 18.9 Å². The van der Waals surface area contributed by atoms with Crippen molar-refractivity contribution in [2.75, 3.05) is 0 Å². The lowest BCUT2D eigenvalue weighted by Gasteiger charge is -2.31. The SMILES string of the molecule is N#CCC(n1cc(-c2ncnc3[nH]ccc23)cn1)C1(O)CCCC1.O=C(O)C(F)(F)F. The molecule has 0 aromatic carbocycles. The zero-order chi connectivity index (χ0) is 22.6. The molecule has 1 aliphatic rings. The molecule has 1 saturated carbocycles. The van der Waals surface area contributed by atoms with Crippen LogP contribution in [0.2, 0.25) is 0 Å². The summed E-state index contributed by atoms with van der Waals surface area (Å²) in [5.74, 6) is -2.76. The van der Waals surface area contributed by atoms with Crippen molar-refractivity contribution in [1.29, 1.82) is 5.26 Å². The van der Waals surface area contributed by atoms with E-state index >= 15 is 0 Å². The van der Waals surface area contributed by atoms with E-state index in [-0.39, 0.29) is 12.5 Å². The fourth-order valence-electron chi connectivity index (χ4n) is 3.67. The number of H-pyrrole nitrogens is 1. The quantitative estimate of drug-likeness (QED) is 0.570. The van der Waals surface area contributed by atoms with Gasteiger partial charge in [-0.1, -0.05) is 12.8 Å². The molecule has 0 amide bonds. The molecule has 1 atom stereocenters. The van der Waals surface area contributed by atoms with Crippen LogP contribution in [0.15, 0.2) is 31.0 Å². The molecule has 0 radical (unpaired) electrons. The number of aliphatic hydroxyl groups is 1. The van der Waals surface area contributed by atoms with Gasteiger partial charge < -0.3 is 15.2 Å². The van der Waals surface area contributed by atoms with Crippen molar-refractivity contribution in [1.82, 2.24) is 24.7 Å². The summed E-state index contributed by atoms with van der Waals surface area (Å²) in [6.45, 7) is 0. The first kappa shape index (κ1) is 22.2. The molecule has 0 saturated heterocycles. The first-order valence-corrected chi connectivity index (χ1v) is 9.38. The molecule has 164 valence electrons. The summed E-state index contributed by atoms with van der Waals surface area (Å²) in [4.78, 5) is 20.5. The molecule has 1 aliphatic carbocycles. The molecule has 0 aliphatic heterocycles. The Morgan fingerprint density at radius 3 is 2.65 bits per heavy atom. The number of hydrogen-bond acceptors (Lipinski definition) is 6. The summed E-state index contributed by atoms with van der Waals surface area (Å²) < 4.78 is 33.5. The number of carboxylic acids is 1. The van der Waals surface area contributed by atoms with Gasteiger partial charge in [-0.15, -0.1) is 0 Å². The van der Waals surface area contributed by atoms with Crippen LogP contribution in [-0.2, 0) is 4.79 Å². The molecule has 1 unspecified atom stereocenters. The molecular weight excluding hydrogens is 417 g/mol. The van der Waals surface area contributed by atoms with Crippen LogP contribution < -0.4 is 0 Å². The van der Waals surface area contributed by atoms with Crippen LogP contribution >= 0.6 is 0 Å². The summed E-state index contributed by atoms with van der Waals surface area (Å²) in [7, 11) is 0. The van der Waals surface area contributed by atoms with Crippen LogP contribution in [-0.4, -0.2) is 52.7 Å². The number of nitrogens with zero attached hydrogens (tertiary/aromatic N) is 5. The van der Waals surface area contributed by atoms with Gasteiger partial charge in [0.2, 0.25) is 0 Å². The van der Waals surface area contributed by atoms with E-state index in [1.54, 1.807) is 10.9 Å². The van der Waals surface area contributed by atoms with Crippen LogP contribution in [0, 0.1) is 11.3 Å². The second-order valence-electron chi connectivity index (χ2n) is 7.16. The highest BCUT2D eigenvalue weighted by molar-refractivity contribution is 5.89. The van der Waals surface area contributed by atoms with Crippen LogP contribution in [0.3, 0.4) is 0 Å². The number of nitrogens with one attached hydrogen (secondary N) is 1. The molecule has 9 nitrogen and oxygen atoms in total. The molecule has 0 bridgehead atoms. The van der Waals surface area contributed by atoms with Gasteiger partial charge in [0.15, 0.2) is 0 Å². The van der Waals surface area contributed by atoms with Crippen molar-refractivity contribution in [3.05, 3.63) is 31.0 Å². The number of carbonyl (C=O) groups is 1. The van der Waals surface area contributed by atoms with E-state index in [4.69, 9.17) is 9.90 Å². The van der Waals surface area contributed by atoms with E-state index in [0.29, 0.717) is 12.8 Å². The third-order valence-corrected chi connectivity index (χ3v) is 5.17. The van der Waals surface area contributed by atoms with E-state index in [1.807, 2.05) is 18.5 Å². The zero-order valence-electron chi connectivity index (χ0n) is 16.2. The van der Waals surface area contributed by atoms with Crippen LogP contribution in [0.1, 0.15) is 38.1 Å². The molecule has 1 fully saturated rings. The van der Waals surface area contributed by atoms with E-state index in [1.165, 1.54) is 6.33 Å². The number of nitriles is 1. The number of rotatable bonds is 4. The van der Waals surface area contributed by atoms with Crippen LogP contribution in [0.25, 0.3) is 22.3 Å². The second kappa shape index (κ2) is 8.73. The van der Waals surface area contributed by atoms with Gasteiger partial charge in [0.25, 0.3) is 0 Å². The number of aliphatic carboxylic acids is 1. The Kier molecular flexibility index (Phi) is 6.26. The van der Waals surface area contributed by atoms with Gasteiger partial charge in [0.1, 0.15) is 12.0 Å². The van der Waals surface area contributed by atoms with Crippen molar-refractivity contribution < 1.29 is 28.2 Å². The van der Waals surface area contributed by atoms with Crippen LogP contribution in [0.4, 0.5) is 13.2 Å². The van der Waals surface area contributed by atoms with Crippen molar-refractivity contribution >= 4 is 17.0 Å². The van der Waals surface area contributed by atoms with Gasteiger partial charge in [0.05, 0.1) is 36.0 Å². The van der Waals surface area contributed by atoms with E-state index < -0.39 is 17.7 Å². The van der Waals surface area contributed by atoms with E-state index in [2.05, 4.69) is 26.1 Å². The maximum absolute atomic E-state index is 10.9. The normalized spacial score (nSPS) is 16.4. The number of hydrogen-bond donors (Lipinski definition) is 3. The lowest BCUT2D eigenvalue weighted by molar-refractivity contribution is -0.192. The lowest BCUT2D eigenvalue weighted by atomic mass is 9.90. The first-order chi connectivity index (χ1) is 14.7. The number of aromatic nitrogens is 5. The molecular formula is C19H19F3N6O3. The van der Waals surface area contributed by atoms with Gasteiger partial charge in [-0.3, -0.25) is 4.68 Å². The summed E-state index contributed by atoms with van der Waals surface area (Å²) in [5, 5.41) is 32.6. The largest absolute Gasteiger partial charge is 0.490 e. The monoisotopic (exact) mass is 436 g/mol. The molecule has 12 heteroatoms. The molecule has 4 rings (SSSR count). The lowest BCUT2D eigenvalue weighted by Crippen LogP contribution is -2.36. The molecule has 3 aromatic rings. The van der Waals surface area contributed by atoms with E-state index in [0.717, 1.165) is 35.1 Å². The van der Waals surface area contributed by atoms with Gasteiger partial charge in [-0.25, -0.2) is 14.8 Å². The fourth-order valence-corrected chi connectivity index (χ4v) is 3.67. The zero-order valence-corrected chi connectivity index (χ0v) is 16.2. The number of alkyl halides is 3. The summed E-state index contributed by atoms with van der Waals surface area (Å²) in [5.41, 5.74) is 1.57. The van der Waals surface area contributed by atoms with Gasteiger partial charge >= 0.3 is 12.1 Å². The minimum atomic E-state index is -5.08. The topological polar surface area (TPSA) is 141 Å². The highest BCUT2D eigenvalue weighted by Gasteiger charge is 2.41. The van der Waals surface area contributed by atoms with Crippen molar-refractivity contribution in [3.8, 4) is 17.3 Å². The van der Waals surface area contributed by atoms with Gasteiger partial charge in [-0.2, -0.15) is 23.5 Å². The number of halogens is 3. The smallest absolute Gasteiger partial charge is 0.475 e.